The highest BCUT2D eigenvalue weighted by Crippen LogP contribution is 2.26. The number of likely N-dealkylation sites (N-methyl/N-ethyl adjacent to an activating group) is 1. The summed E-state index contributed by atoms with van der Waals surface area (Å²) in [6.07, 6.45) is 2.14. The largest absolute Gasteiger partial charge is 0.383 e. The molecule has 2 rings (SSSR count). The number of likely N-dealkylation sites (tertiary alicyclic amines) is 1. The molecular formula is C10H20N2O2. The Kier molecular flexibility index (Phi) is 3.07. The molecular weight excluding hydrogens is 180 g/mol. The van der Waals surface area contributed by atoms with Crippen LogP contribution in [0.2, 0.25) is 0 Å². The van der Waals surface area contributed by atoms with E-state index in [2.05, 4.69) is 17.3 Å². The van der Waals surface area contributed by atoms with Crippen LogP contribution in [0.3, 0.4) is 0 Å². The van der Waals surface area contributed by atoms with Gasteiger partial charge in [-0.05, 0) is 13.5 Å². The Balaban J connectivity index is 1.93. The molecule has 2 unspecified atom stereocenters. The summed E-state index contributed by atoms with van der Waals surface area (Å²) in [5.41, 5.74) is -0.0871. The van der Waals surface area contributed by atoms with Crippen molar-refractivity contribution in [2.75, 3.05) is 40.5 Å². The molecule has 2 aliphatic rings. The molecule has 0 amide bonds. The van der Waals surface area contributed by atoms with Crippen molar-refractivity contribution in [2.24, 2.45) is 0 Å². The zero-order chi connectivity index (χ0) is 10.0. The quantitative estimate of drug-likeness (QED) is 0.682. The average Bonchev–Trinajstić information content (AvgIpc) is 2.48. The van der Waals surface area contributed by atoms with Gasteiger partial charge in [0.1, 0.15) is 5.72 Å². The van der Waals surface area contributed by atoms with Gasteiger partial charge < -0.3 is 14.4 Å². The number of hydrogen-bond acceptors (Lipinski definition) is 4. The van der Waals surface area contributed by atoms with Crippen LogP contribution in [0.15, 0.2) is 0 Å². The molecule has 4 nitrogen and oxygen atoms in total. The van der Waals surface area contributed by atoms with Gasteiger partial charge in [-0.3, -0.25) is 5.32 Å². The predicted molar refractivity (Wildman–Crippen MR) is 54.2 cm³/mol. The van der Waals surface area contributed by atoms with Crippen molar-refractivity contribution in [3.63, 3.8) is 0 Å². The maximum Gasteiger partial charge on any atom is 0.133 e. The van der Waals surface area contributed by atoms with E-state index in [-0.39, 0.29) is 5.72 Å². The first kappa shape index (κ1) is 10.4. The van der Waals surface area contributed by atoms with E-state index in [4.69, 9.17) is 9.47 Å². The van der Waals surface area contributed by atoms with Crippen LogP contribution >= 0.6 is 0 Å². The molecule has 14 heavy (non-hydrogen) atoms. The van der Waals surface area contributed by atoms with E-state index in [1.54, 1.807) is 7.11 Å². The SMILES string of the molecule is COCC1CCOC2(CCN(C)C2)N1. The Morgan fingerprint density at radius 1 is 1.64 bits per heavy atom. The van der Waals surface area contributed by atoms with Crippen LogP contribution in [0.4, 0.5) is 0 Å². The van der Waals surface area contributed by atoms with Crippen LogP contribution in [0.25, 0.3) is 0 Å². The van der Waals surface area contributed by atoms with Gasteiger partial charge in [0.2, 0.25) is 0 Å². The van der Waals surface area contributed by atoms with Crippen LogP contribution in [0.5, 0.6) is 0 Å². The van der Waals surface area contributed by atoms with Gasteiger partial charge in [0.25, 0.3) is 0 Å². The van der Waals surface area contributed by atoms with Gasteiger partial charge in [-0.2, -0.15) is 0 Å². The fraction of sp³-hybridized carbons (Fsp3) is 1.00. The highest BCUT2D eigenvalue weighted by molar-refractivity contribution is 4.93. The molecule has 0 aromatic rings. The second-order valence-corrected chi connectivity index (χ2v) is 4.42. The lowest BCUT2D eigenvalue weighted by Crippen LogP contribution is -2.59. The molecule has 0 aromatic carbocycles. The maximum absolute atomic E-state index is 5.87. The summed E-state index contributed by atoms with van der Waals surface area (Å²) >= 11 is 0. The Morgan fingerprint density at radius 2 is 2.50 bits per heavy atom. The molecule has 4 heteroatoms. The van der Waals surface area contributed by atoms with Crippen LogP contribution < -0.4 is 5.32 Å². The highest BCUT2D eigenvalue weighted by Gasteiger charge is 2.41. The molecule has 2 saturated heterocycles. The lowest BCUT2D eigenvalue weighted by atomic mass is 10.1. The van der Waals surface area contributed by atoms with E-state index in [1.807, 2.05) is 0 Å². The molecule has 1 spiro atoms. The predicted octanol–water partition coefficient (Wildman–Crippen LogP) is 0.0431. The van der Waals surface area contributed by atoms with Crippen molar-refractivity contribution < 1.29 is 9.47 Å². The third-order valence-corrected chi connectivity index (χ3v) is 3.10. The summed E-state index contributed by atoms with van der Waals surface area (Å²) in [7, 11) is 3.89. The summed E-state index contributed by atoms with van der Waals surface area (Å²) < 4.78 is 11.0. The summed E-state index contributed by atoms with van der Waals surface area (Å²) in [5, 5.41) is 3.57. The zero-order valence-electron chi connectivity index (χ0n) is 9.08. The van der Waals surface area contributed by atoms with Crippen molar-refractivity contribution in [2.45, 2.75) is 24.6 Å². The van der Waals surface area contributed by atoms with E-state index >= 15 is 0 Å². The average molecular weight is 200 g/mol. The Labute approximate surface area is 85.5 Å². The first-order valence-electron chi connectivity index (χ1n) is 5.33. The molecule has 0 bridgehead atoms. The summed E-state index contributed by atoms with van der Waals surface area (Å²) in [6.45, 7) is 3.75. The van der Waals surface area contributed by atoms with Crippen LogP contribution in [0, 0.1) is 0 Å². The number of ether oxygens (including phenoxy) is 2. The minimum Gasteiger partial charge on any atom is -0.383 e. The molecule has 2 atom stereocenters. The molecule has 0 aliphatic carbocycles. The Hall–Kier alpha value is -0.160. The van der Waals surface area contributed by atoms with Gasteiger partial charge in [0.05, 0.1) is 13.2 Å². The Bertz CT molecular complexity index is 195. The normalized spacial score (nSPS) is 39.4. The minimum absolute atomic E-state index is 0.0871. The fourth-order valence-electron chi connectivity index (χ4n) is 2.41. The smallest absolute Gasteiger partial charge is 0.133 e. The van der Waals surface area contributed by atoms with Crippen molar-refractivity contribution >= 4 is 0 Å². The summed E-state index contributed by atoms with van der Waals surface area (Å²) in [6, 6.07) is 0.459. The third-order valence-electron chi connectivity index (χ3n) is 3.10. The molecule has 2 aliphatic heterocycles. The van der Waals surface area contributed by atoms with Crippen molar-refractivity contribution in [1.82, 2.24) is 10.2 Å². The molecule has 0 aromatic heterocycles. The van der Waals surface area contributed by atoms with Crippen LogP contribution in [0.1, 0.15) is 12.8 Å². The molecule has 1 N–H and O–H groups in total. The number of methoxy groups -OCH3 is 1. The Morgan fingerprint density at radius 3 is 3.14 bits per heavy atom. The van der Waals surface area contributed by atoms with Crippen molar-refractivity contribution in [1.29, 1.82) is 0 Å². The number of nitrogens with one attached hydrogen (secondary N) is 1. The van der Waals surface area contributed by atoms with E-state index < -0.39 is 0 Å². The monoisotopic (exact) mass is 200 g/mol. The van der Waals surface area contributed by atoms with Crippen LogP contribution in [-0.4, -0.2) is 57.1 Å². The molecule has 0 radical (unpaired) electrons. The first-order chi connectivity index (χ1) is 6.74. The lowest BCUT2D eigenvalue weighted by Gasteiger charge is -2.39. The van der Waals surface area contributed by atoms with Gasteiger partial charge >= 0.3 is 0 Å². The van der Waals surface area contributed by atoms with Crippen molar-refractivity contribution in [3.8, 4) is 0 Å². The van der Waals surface area contributed by atoms with E-state index in [9.17, 15) is 0 Å². The molecule has 2 heterocycles. The topological polar surface area (TPSA) is 33.7 Å². The van der Waals surface area contributed by atoms with E-state index in [1.165, 1.54) is 0 Å². The highest BCUT2D eigenvalue weighted by atomic mass is 16.5. The molecule has 0 saturated carbocycles. The standard InChI is InChI=1S/C10H20N2O2/c1-12-5-4-10(8-12)11-9(7-13-2)3-6-14-10/h9,11H,3-8H2,1-2H3. The summed E-state index contributed by atoms with van der Waals surface area (Å²) in [4.78, 5) is 2.31. The third kappa shape index (κ3) is 2.08. The number of hydrogen-bond donors (Lipinski definition) is 1. The first-order valence-corrected chi connectivity index (χ1v) is 5.33. The second kappa shape index (κ2) is 4.14. The second-order valence-electron chi connectivity index (χ2n) is 4.42. The van der Waals surface area contributed by atoms with Gasteiger partial charge in [0.15, 0.2) is 0 Å². The fourth-order valence-corrected chi connectivity index (χ4v) is 2.41. The van der Waals surface area contributed by atoms with Gasteiger partial charge in [-0.1, -0.05) is 0 Å². The van der Waals surface area contributed by atoms with Gasteiger partial charge in [-0.15, -0.1) is 0 Å². The maximum atomic E-state index is 5.87. The van der Waals surface area contributed by atoms with Gasteiger partial charge in [-0.25, -0.2) is 0 Å². The minimum atomic E-state index is -0.0871. The van der Waals surface area contributed by atoms with Gasteiger partial charge in [0, 0.05) is 32.7 Å². The zero-order valence-corrected chi connectivity index (χ0v) is 9.08. The van der Waals surface area contributed by atoms with Crippen LogP contribution in [-0.2, 0) is 9.47 Å². The number of nitrogens with zero attached hydrogens (tertiary/aromatic N) is 1. The summed E-state index contributed by atoms with van der Waals surface area (Å²) in [5.74, 6) is 0. The van der Waals surface area contributed by atoms with E-state index in [0.717, 1.165) is 39.1 Å². The lowest BCUT2D eigenvalue weighted by molar-refractivity contribution is -0.108. The van der Waals surface area contributed by atoms with Crippen molar-refractivity contribution in [3.05, 3.63) is 0 Å². The molecule has 2 fully saturated rings. The van der Waals surface area contributed by atoms with E-state index in [0.29, 0.717) is 6.04 Å². The number of rotatable bonds is 2. The molecule has 82 valence electrons.